The van der Waals surface area contributed by atoms with E-state index in [1.807, 2.05) is 0 Å². The minimum atomic E-state index is -1.77. The normalized spacial score (nSPS) is 18.9. The number of hydrogen-bond donors (Lipinski definition) is 0. The summed E-state index contributed by atoms with van der Waals surface area (Å²) in [6, 6.07) is 0. The maximum absolute atomic E-state index is 6.13. The first-order valence-corrected chi connectivity index (χ1v) is 16.3. The van der Waals surface area contributed by atoms with Crippen LogP contribution in [-0.2, 0) is 8.85 Å². The molecule has 29 heavy (non-hydrogen) atoms. The Bertz CT molecular complexity index is 346. The lowest BCUT2D eigenvalue weighted by molar-refractivity contribution is 0.0477. The highest BCUT2D eigenvalue weighted by Gasteiger charge is 2.32. The third-order valence-corrected chi connectivity index (χ3v) is 8.27. The highest BCUT2D eigenvalue weighted by atomic mass is 28.4. The minimum Gasteiger partial charge on any atom is -0.394 e. The first-order chi connectivity index (χ1) is 14.1. The standard InChI is InChI=1S/C26H54O2Si/c1-4-5-6-7-8-9-10-11-12-13-14-15-16-17-18-19-20-21-22-23-26-24-25-27-29(2,3)28-26/h26H,4-25H2,1-3H3. The Kier molecular flexibility index (Phi) is 17.7. The van der Waals surface area contributed by atoms with Crippen molar-refractivity contribution in [2.45, 2.75) is 161 Å². The molecule has 3 heteroatoms. The molecule has 1 saturated heterocycles. The van der Waals surface area contributed by atoms with Gasteiger partial charge >= 0.3 is 8.56 Å². The number of unbranched alkanes of at least 4 members (excludes halogenated alkanes) is 18. The molecule has 1 atom stereocenters. The fourth-order valence-electron chi connectivity index (χ4n) is 4.58. The molecule has 0 radical (unpaired) electrons. The van der Waals surface area contributed by atoms with Crippen molar-refractivity contribution in [2.75, 3.05) is 6.61 Å². The molecule has 2 nitrogen and oxygen atoms in total. The van der Waals surface area contributed by atoms with Gasteiger partial charge in [0.25, 0.3) is 0 Å². The van der Waals surface area contributed by atoms with Crippen LogP contribution in [0.4, 0.5) is 0 Å². The Labute approximate surface area is 185 Å². The van der Waals surface area contributed by atoms with E-state index in [2.05, 4.69) is 20.0 Å². The highest BCUT2D eigenvalue weighted by molar-refractivity contribution is 6.64. The first kappa shape index (κ1) is 27.2. The van der Waals surface area contributed by atoms with Crippen LogP contribution in [0.25, 0.3) is 0 Å². The molecular formula is C26H54O2Si. The van der Waals surface area contributed by atoms with Crippen molar-refractivity contribution in [2.24, 2.45) is 0 Å². The fraction of sp³-hybridized carbons (Fsp3) is 1.00. The summed E-state index contributed by atoms with van der Waals surface area (Å²) in [5.41, 5.74) is 0. The summed E-state index contributed by atoms with van der Waals surface area (Å²) in [5.74, 6) is 0. The smallest absolute Gasteiger partial charge is 0.331 e. The average Bonchev–Trinajstić information content (AvgIpc) is 2.69. The van der Waals surface area contributed by atoms with Crippen LogP contribution < -0.4 is 0 Å². The largest absolute Gasteiger partial charge is 0.394 e. The summed E-state index contributed by atoms with van der Waals surface area (Å²) in [5, 5.41) is 0. The van der Waals surface area contributed by atoms with Gasteiger partial charge in [0.1, 0.15) is 0 Å². The summed E-state index contributed by atoms with van der Waals surface area (Å²) in [7, 11) is -1.77. The number of hydrogen-bond acceptors (Lipinski definition) is 2. The van der Waals surface area contributed by atoms with E-state index in [0.717, 1.165) is 13.0 Å². The van der Waals surface area contributed by atoms with Gasteiger partial charge in [0, 0.05) is 12.7 Å². The van der Waals surface area contributed by atoms with Gasteiger partial charge in [-0.1, -0.05) is 129 Å². The molecular weight excluding hydrogens is 372 g/mol. The zero-order valence-corrected chi connectivity index (χ0v) is 21.5. The molecule has 0 amide bonds. The Balaban J connectivity index is 1.70. The van der Waals surface area contributed by atoms with E-state index >= 15 is 0 Å². The van der Waals surface area contributed by atoms with Crippen LogP contribution in [-0.4, -0.2) is 21.3 Å². The molecule has 0 bridgehead atoms. The van der Waals surface area contributed by atoms with Crippen LogP contribution in [0.2, 0.25) is 13.1 Å². The predicted molar refractivity (Wildman–Crippen MR) is 131 cm³/mol. The maximum Gasteiger partial charge on any atom is 0.331 e. The lowest BCUT2D eigenvalue weighted by atomic mass is 10.0. The molecule has 0 aliphatic carbocycles. The van der Waals surface area contributed by atoms with Gasteiger partial charge in [-0.15, -0.1) is 0 Å². The van der Waals surface area contributed by atoms with E-state index in [9.17, 15) is 0 Å². The second-order valence-corrected chi connectivity index (χ2v) is 13.3. The van der Waals surface area contributed by atoms with Gasteiger partial charge < -0.3 is 8.85 Å². The summed E-state index contributed by atoms with van der Waals surface area (Å²) in [6.45, 7) is 7.57. The highest BCUT2D eigenvalue weighted by Crippen LogP contribution is 2.23. The van der Waals surface area contributed by atoms with Crippen molar-refractivity contribution in [3.8, 4) is 0 Å². The average molecular weight is 427 g/mol. The van der Waals surface area contributed by atoms with Gasteiger partial charge in [-0.3, -0.25) is 0 Å². The topological polar surface area (TPSA) is 18.5 Å². The third-order valence-electron chi connectivity index (χ3n) is 6.47. The zero-order valence-electron chi connectivity index (χ0n) is 20.5. The summed E-state index contributed by atoms with van der Waals surface area (Å²) < 4.78 is 11.9. The molecule has 1 unspecified atom stereocenters. The third kappa shape index (κ3) is 17.5. The molecule has 0 saturated carbocycles. The van der Waals surface area contributed by atoms with E-state index in [1.54, 1.807) is 0 Å². The molecule has 174 valence electrons. The fourth-order valence-corrected chi connectivity index (χ4v) is 6.30. The molecule has 0 spiro atoms. The zero-order chi connectivity index (χ0) is 21.0. The van der Waals surface area contributed by atoms with Crippen molar-refractivity contribution in [3.05, 3.63) is 0 Å². The van der Waals surface area contributed by atoms with Crippen LogP contribution in [0, 0.1) is 0 Å². The molecule has 1 fully saturated rings. The lowest BCUT2D eigenvalue weighted by Gasteiger charge is -2.34. The molecule has 0 N–H and O–H groups in total. The molecule has 1 aliphatic heterocycles. The van der Waals surface area contributed by atoms with Gasteiger partial charge in [0.2, 0.25) is 0 Å². The predicted octanol–water partition coefficient (Wildman–Crippen LogP) is 9.32. The Morgan fingerprint density at radius 2 is 0.966 bits per heavy atom. The van der Waals surface area contributed by atoms with Crippen molar-refractivity contribution >= 4 is 8.56 Å². The van der Waals surface area contributed by atoms with Crippen molar-refractivity contribution < 1.29 is 8.85 Å². The van der Waals surface area contributed by atoms with E-state index in [4.69, 9.17) is 8.85 Å². The molecule has 0 aromatic rings. The quantitative estimate of drug-likeness (QED) is 0.142. The molecule has 1 heterocycles. The van der Waals surface area contributed by atoms with Gasteiger partial charge in [0.05, 0.1) is 0 Å². The van der Waals surface area contributed by atoms with E-state index in [-0.39, 0.29) is 0 Å². The minimum absolute atomic E-state index is 0.483. The summed E-state index contributed by atoms with van der Waals surface area (Å²) in [6.07, 6.45) is 30.3. The number of rotatable bonds is 20. The van der Waals surface area contributed by atoms with E-state index < -0.39 is 8.56 Å². The molecule has 1 rings (SSSR count). The van der Waals surface area contributed by atoms with Crippen LogP contribution in [0.5, 0.6) is 0 Å². The van der Waals surface area contributed by atoms with E-state index in [0.29, 0.717) is 6.10 Å². The maximum atomic E-state index is 6.13. The van der Waals surface area contributed by atoms with Crippen molar-refractivity contribution in [1.82, 2.24) is 0 Å². The van der Waals surface area contributed by atoms with Gasteiger partial charge in [-0.05, 0) is 25.9 Å². The van der Waals surface area contributed by atoms with Crippen LogP contribution in [0.15, 0.2) is 0 Å². The summed E-state index contributed by atoms with van der Waals surface area (Å²) in [4.78, 5) is 0. The molecule has 0 aromatic carbocycles. The van der Waals surface area contributed by atoms with E-state index in [1.165, 1.54) is 128 Å². The Morgan fingerprint density at radius 3 is 1.34 bits per heavy atom. The molecule has 0 aromatic heterocycles. The molecule has 1 aliphatic rings. The van der Waals surface area contributed by atoms with Gasteiger partial charge in [-0.25, -0.2) is 0 Å². The summed E-state index contributed by atoms with van der Waals surface area (Å²) >= 11 is 0. The van der Waals surface area contributed by atoms with Crippen molar-refractivity contribution in [3.63, 3.8) is 0 Å². The van der Waals surface area contributed by atoms with Crippen LogP contribution in [0.1, 0.15) is 142 Å². The second kappa shape index (κ2) is 18.9. The van der Waals surface area contributed by atoms with Gasteiger partial charge in [0.15, 0.2) is 0 Å². The first-order valence-electron chi connectivity index (χ1n) is 13.5. The SMILES string of the molecule is CCCCCCCCCCCCCCCCCCCCCC1CCO[Si](C)(C)O1. The lowest BCUT2D eigenvalue weighted by Crippen LogP contribution is -2.44. The Morgan fingerprint density at radius 1 is 0.586 bits per heavy atom. The monoisotopic (exact) mass is 426 g/mol. The Hall–Kier alpha value is 0.137. The van der Waals surface area contributed by atoms with Crippen LogP contribution >= 0.6 is 0 Å². The second-order valence-electron chi connectivity index (χ2n) is 9.93. The van der Waals surface area contributed by atoms with Gasteiger partial charge in [-0.2, -0.15) is 0 Å². The van der Waals surface area contributed by atoms with Crippen molar-refractivity contribution in [1.29, 1.82) is 0 Å². The van der Waals surface area contributed by atoms with Crippen LogP contribution in [0.3, 0.4) is 0 Å².